The molecule has 2 aliphatic heterocycles. The van der Waals surface area contributed by atoms with Crippen molar-refractivity contribution in [3.63, 3.8) is 0 Å². The van der Waals surface area contributed by atoms with Crippen molar-refractivity contribution >= 4 is 23.4 Å². The molecule has 24 heavy (non-hydrogen) atoms. The summed E-state index contributed by atoms with van der Waals surface area (Å²) >= 11 is 6.18. The smallest absolute Gasteiger partial charge is 0.255 e. The lowest BCUT2D eigenvalue weighted by Gasteiger charge is -2.35. The fourth-order valence-electron chi connectivity index (χ4n) is 3.07. The van der Waals surface area contributed by atoms with E-state index in [-0.39, 0.29) is 17.9 Å². The quantitative estimate of drug-likeness (QED) is 0.832. The van der Waals surface area contributed by atoms with Crippen LogP contribution in [0.2, 0.25) is 5.02 Å². The molecule has 0 saturated carbocycles. The average Bonchev–Trinajstić information content (AvgIpc) is 3.15. The molecule has 2 aliphatic rings. The molecule has 7 heteroatoms. The number of halogens is 1. The highest BCUT2D eigenvalue weighted by atomic mass is 35.5. The SMILES string of the molecule is COc1ccc(C(=O)N2CCN(C(=O)C3CCCO3)CC2)c(Cl)c1. The van der Waals surface area contributed by atoms with Crippen LogP contribution in [-0.4, -0.2) is 67.6 Å². The van der Waals surface area contributed by atoms with Crippen molar-refractivity contribution in [3.8, 4) is 5.75 Å². The molecule has 1 aromatic rings. The third kappa shape index (κ3) is 3.49. The van der Waals surface area contributed by atoms with Gasteiger partial charge in [-0.1, -0.05) is 11.6 Å². The van der Waals surface area contributed by atoms with Crippen LogP contribution in [0.1, 0.15) is 23.2 Å². The molecule has 1 atom stereocenters. The number of hydrogen-bond acceptors (Lipinski definition) is 4. The number of carbonyl (C=O) groups excluding carboxylic acids is 2. The van der Waals surface area contributed by atoms with Crippen LogP contribution in [0.15, 0.2) is 18.2 Å². The van der Waals surface area contributed by atoms with E-state index >= 15 is 0 Å². The minimum absolute atomic E-state index is 0.0436. The molecule has 1 unspecified atom stereocenters. The number of rotatable bonds is 3. The minimum atomic E-state index is -0.303. The van der Waals surface area contributed by atoms with Gasteiger partial charge in [-0.25, -0.2) is 0 Å². The highest BCUT2D eigenvalue weighted by Gasteiger charge is 2.31. The molecule has 0 N–H and O–H groups in total. The summed E-state index contributed by atoms with van der Waals surface area (Å²) in [6, 6.07) is 5.02. The fourth-order valence-corrected chi connectivity index (χ4v) is 3.32. The normalized spacial score (nSPS) is 21.0. The standard InChI is InChI=1S/C17H21ClN2O4/c1-23-12-4-5-13(14(18)11-12)16(21)19-6-8-20(9-7-19)17(22)15-3-2-10-24-15/h4-5,11,15H,2-3,6-10H2,1H3. The van der Waals surface area contributed by atoms with E-state index in [1.54, 1.807) is 35.1 Å². The van der Waals surface area contributed by atoms with Gasteiger partial charge in [-0.05, 0) is 31.0 Å². The summed E-state index contributed by atoms with van der Waals surface area (Å²) in [4.78, 5) is 28.5. The zero-order valence-corrected chi connectivity index (χ0v) is 14.4. The molecule has 3 rings (SSSR count). The molecule has 0 radical (unpaired) electrons. The predicted molar refractivity (Wildman–Crippen MR) is 89.5 cm³/mol. The van der Waals surface area contributed by atoms with E-state index in [1.165, 1.54) is 0 Å². The third-order valence-corrected chi connectivity index (χ3v) is 4.80. The number of piperazine rings is 1. The van der Waals surface area contributed by atoms with Crippen LogP contribution in [-0.2, 0) is 9.53 Å². The molecule has 2 saturated heterocycles. The van der Waals surface area contributed by atoms with Gasteiger partial charge >= 0.3 is 0 Å². The zero-order valence-electron chi connectivity index (χ0n) is 13.7. The van der Waals surface area contributed by atoms with E-state index in [0.29, 0.717) is 49.1 Å². The minimum Gasteiger partial charge on any atom is -0.497 e. The van der Waals surface area contributed by atoms with Crippen molar-refractivity contribution in [2.45, 2.75) is 18.9 Å². The Morgan fingerprint density at radius 2 is 1.92 bits per heavy atom. The van der Waals surface area contributed by atoms with Crippen LogP contribution < -0.4 is 4.74 Å². The first-order chi connectivity index (χ1) is 11.6. The molecule has 2 amide bonds. The van der Waals surface area contributed by atoms with Gasteiger partial charge < -0.3 is 19.3 Å². The molecule has 0 aliphatic carbocycles. The number of ether oxygens (including phenoxy) is 2. The second kappa shape index (κ2) is 7.40. The van der Waals surface area contributed by atoms with Crippen LogP contribution in [0, 0.1) is 0 Å². The molecular weight excluding hydrogens is 332 g/mol. The van der Waals surface area contributed by atoms with Gasteiger partial charge in [-0.15, -0.1) is 0 Å². The maximum Gasteiger partial charge on any atom is 0.255 e. The highest BCUT2D eigenvalue weighted by molar-refractivity contribution is 6.34. The summed E-state index contributed by atoms with van der Waals surface area (Å²) in [5.74, 6) is 0.539. The van der Waals surface area contributed by atoms with Crippen molar-refractivity contribution in [1.82, 2.24) is 9.80 Å². The van der Waals surface area contributed by atoms with Gasteiger partial charge in [0.1, 0.15) is 11.9 Å². The third-order valence-electron chi connectivity index (χ3n) is 4.49. The number of carbonyl (C=O) groups is 2. The topological polar surface area (TPSA) is 59.1 Å². The molecule has 2 heterocycles. The summed E-state index contributed by atoms with van der Waals surface area (Å²) in [7, 11) is 1.55. The number of benzene rings is 1. The van der Waals surface area contributed by atoms with E-state index in [2.05, 4.69) is 0 Å². The first-order valence-electron chi connectivity index (χ1n) is 8.13. The number of nitrogens with zero attached hydrogens (tertiary/aromatic N) is 2. The van der Waals surface area contributed by atoms with Crippen molar-refractivity contribution in [1.29, 1.82) is 0 Å². The lowest BCUT2D eigenvalue weighted by molar-refractivity contribution is -0.142. The van der Waals surface area contributed by atoms with E-state index in [0.717, 1.165) is 12.8 Å². The van der Waals surface area contributed by atoms with Gasteiger partial charge in [0.25, 0.3) is 11.8 Å². The molecular formula is C17H21ClN2O4. The second-order valence-corrected chi connectivity index (χ2v) is 6.37. The maximum absolute atomic E-state index is 12.6. The van der Waals surface area contributed by atoms with Gasteiger partial charge in [0.05, 0.1) is 17.7 Å². The first kappa shape index (κ1) is 17.0. The molecule has 0 bridgehead atoms. The summed E-state index contributed by atoms with van der Waals surface area (Å²) in [6.07, 6.45) is 1.42. The van der Waals surface area contributed by atoms with Gasteiger partial charge in [0.2, 0.25) is 0 Å². The van der Waals surface area contributed by atoms with Gasteiger partial charge in [0, 0.05) is 32.8 Å². The second-order valence-electron chi connectivity index (χ2n) is 5.96. The summed E-state index contributed by atoms with van der Waals surface area (Å²) < 4.78 is 10.5. The predicted octanol–water partition coefficient (Wildman–Crippen LogP) is 1.81. The molecule has 130 valence electrons. The Labute approximate surface area is 146 Å². The Morgan fingerprint density at radius 1 is 1.21 bits per heavy atom. The van der Waals surface area contributed by atoms with Crippen molar-refractivity contribution in [2.24, 2.45) is 0 Å². The number of methoxy groups -OCH3 is 1. The Balaban J connectivity index is 1.60. The van der Waals surface area contributed by atoms with E-state index in [1.807, 2.05) is 0 Å². The Kier molecular flexibility index (Phi) is 5.26. The van der Waals surface area contributed by atoms with Crippen LogP contribution in [0.25, 0.3) is 0 Å². The monoisotopic (exact) mass is 352 g/mol. The van der Waals surface area contributed by atoms with Crippen LogP contribution in [0.3, 0.4) is 0 Å². The van der Waals surface area contributed by atoms with E-state index in [4.69, 9.17) is 21.1 Å². The first-order valence-corrected chi connectivity index (χ1v) is 8.51. The van der Waals surface area contributed by atoms with Crippen LogP contribution in [0.4, 0.5) is 0 Å². The molecule has 2 fully saturated rings. The zero-order chi connectivity index (χ0) is 17.1. The molecule has 6 nitrogen and oxygen atoms in total. The summed E-state index contributed by atoms with van der Waals surface area (Å²) in [6.45, 7) is 2.71. The largest absolute Gasteiger partial charge is 0.497 e. The molecule has 1 aromatic carbocycles. The average molecular weight is 353 g/mol. The van der Waals surface area contributed by atoms with Crippen molar-refractivity contribution < 1.29 is 19.1 Å². The Morgan fingerprint density at radius 3 is 2.50 bits per heavy atom. The van der Waals surface area contributed by atoms with Gasteiger partial charge in [-0.2, -0.15) is 0 Å². The Hall–Kier alpha value is -1.79. The van der Waals surface area contributed by atoms with Crippen molar-refractivity contribution in [2.75, 3.05) is 39.9 Å². The van der Waals surface area contributed by atoms with E-state index < -0.39 is 0 Å². The summed E-state index contributed by atoms with van der Waals surface area (Å²) in [5, 5.41) is 0.372. The fraction of sp³-hybridized carbons (Fsp3) is 0.529. The van der Waals surface area contributed by atoms with Gasteiger partial charge in [0.15, 0.2) is 0 Å². The summed E-state index contributed by atoms with van der Waals surface area (Å²) in [5.41, 5.74) is 0.455. The van der Waals surface area contributed by atoms with Crippen molar-refractivity contribution in [3.05, 3.63) is 28.8 Å². The maximum atomic E-state index is 12.6. The lowest BCUT2D eigenvalue weighted by atomic mass is 10.1. The van der Waals surface area contributed by atoms with Crippen LogP contribution in [0.5, 0.6) is 5.75 Å². The highest BCUT2D eigenvalue weighted by Crippen LogP contribution is 2.24. The molecule has 0 aromatic heterocycles. The molecule has 0 spiro atoms. The Bertz CT molecular complexity index is 623. The van der Waals surface area contributed by atoms with Crippen LogP contribution >= 0.6 is 11.6 Å². The number of hydrogen-bond donors (Lipinski definition) is 0. The van der Waals surface area contributed by atoms with E-state index in [9.17, 15) is 9.59 Å². The number of amides is 2. The lowest BCUT2D eigenvalue weighted by Crippen LogP contribution is -2.52. The van der Waals surface area contributed by atoms with Gasteiger partial charge in [-0.3, -0.25) is 9.59 Å².